The van der Waals surface area contributed by atoms with E-state index in [9.17, 15) is 0 Å². The van der Waals surface area contributed by atoms with Crippen LogP contribution in [-0.4, -0.2) is 16.1 Å². The third-order valence-electron chi connectivity index (χ3n) is 4.17. The van der Waals surface area contributed by atoms with E-state index in [2.05, 4.69) is 81.1 Å². The Morgan fingerprint density at radius 3 is 2.10 bits per heavy atom. The van der Waals surface area contributed by atoms with Gasteiger partial charge in [0.05, 0.1) is 0 Å². The zero-order valence-electron chi connectivity index (χ0n) is 14.4. The SMILES string of the molecule is C=C[Si](C)(C)c1ccc([Si](C)(C)C#CCCCCC)cc1. The van der Waals surface area contributed by atoms with Crippen LogP contribution in [0.2, 0.25) is 26.2 Å². The fraction of sp³-hybridized carbons (Fsp3) is 0.474. The highest BCUT2D eigenvalue weighted by atomic mass is 28.3. The molecule has 0 fully saturated rings. The Hall–Kier alpha value is -1.05. The van der Waals surface area contributed by atoms with E-state index >= 15 is 0 Å². The molecule has 0 nitrogen and oxygen atoms in total. The Morgan fingerprint density at radius 2 is 1.57 bits per heavy atom. The van der Waals surface area contributed by atoms with E-state index in [-0.39, 0.29) is 0 Å². The maximum absolute atomic E-state index is 3.99. The first-order valence-electron chi connectivity index (χ1n) is 8.08. The Balaban J connectivity index is 2.82. The van der Waals surface area contributed by atoms with Crippen LogP contribution >= 0.6 is 0 Å². The lowest BCUT2D eigenvalue weighted by molar-refractivity contribution is 0.737. The molecule has 0 saturated heterocycles. The average Bonchev–Trinajstić information content (AvgIpc) is 2.47. The molecule has 0 radical (unpaired) electrons. The normalized spacial score (nSPS) is 11.7. The van der Waals surface area contributed by atoms with Gasteiger partial charge in [-0.15, -0.1) is 18.0 Å². The van der Waals surface area contributed by atoms with Gasteiger partial charge in [0.25, 0.3) is 0 Å². The van der Waals surface area contributed by atoms with Crippen molar-refractivity contribution in [3.8, 4) is 11.5 Å². The molecule has 0 heterocycles. The van der Waals surface area contributed by atoms with Crippen LogP contribution in [0.1, 0.15) is 32.6 Å². The van der Waals surface area contributed by atoms with E-state index in [1.54, 1.807) is 0 Å². The fourth-order valence-electron chi connectivity index (χ4n) is 2.25. The van der Waals surface area contributed by atoms with Crippen molar-refractivity contribution in [2.75, 3.05) is 0 Å². The quantitative estimate of drug-likeness (QED) is 0.416. The topological polar surface area (TPSA) is 0 Å². The summed E-state index contributed by atoms with van der Waals surface area (Å²) in [6, 6.07) is 9.22. The molecule has 2 heteroatoms. The number of hydrogen-bond donors (Lipinski definition) is 0. The van der Waals surface area contributed by atoms with Crippen molar-refractivity contribution in [2.45, 2.75) is 58.8 Å². The van der Waals surface area contributed by atoms with Crippen molar-refractivity contribution in [3.63, 3.8) is 0 Å². The molecule has 0 aliphatic heterocycles. The Kier molecular flexibility index (Phi) is 6.70. The first kappa shape index (κ1) is 18.0. The number of benzene rings is 1. The highest BCUT2D eigenvalue weighted by Gasteiger charge is 2.23. The van der Waals surface area contributed by atoms with Crippen LogP contribution in [0.25, 0.3) is 0 Å². The van der Waals surface area contributed by atoms with Gasteiger partial charge in [0.1, 0.15) is 8.07 Å². The van der Waals surface area contributed by atoms with Gasteiger partial charge in [0.2, 0.25) is 0 Å². The van der Waals surface area contributed by atoms with Crippen LogP contribution in [0.3, 0.4) is 0 Å². The molecule has 0 spiro atoms. The summed E-state index contributed by atoms with van der Waals surface area (Å²) in [7, 11) is -3.04. The second-order valence-corrected chi connectivity index (χ2v) is 15.4. The van der Waals surface area contributed by atoms with E-state index < -0.39 is 16.1 Å². The lowest BCUT2D eigenvalue weighted by Gasteiger charge is -2.21. The fourth-order valence-corrected chi connectivity index (χ4v) is 5.23. The van der Waals surface area contributed by atoms with E-state index in [0.29, 0.717) is 0 Å². The number of unbranched alkanes of at least 4 members (excludes halogenated alkanes) is 3. The monoisotopic (exact) mass is 314 g/mol. The largest absolute Gasteiger partial charge is 0.162 e. The van der Waals surface area contributed by atoms with Crippen LogP contribution in [0, 0.1) is 11.5 Å². The minimum Gasteiger partial charge on any atom is -0.126 e. The third kappa shape index (κ3) is 5.34. The summed E-state index contributed by atoms with van der Waals surface area (Å²) in [5.74, 6) is 3.42. The standard InChI is InChI=1S/C19H30Si2/c1-7-9-10-11-12-17-21(5,6)19-15-13-18(14-16-19)20(3,4)8-2/h8,13-16H,2,7,9-11H2,1,3-6H3. The van der Waals surface area contributed by atoms with Crippen molar-refractivity contribution < 1.29 is 0 Å². The maximum atomic E-state index is 3.99. The van der Waals surface area contributed by atoms with Gasteiger partial charge in [0.15, 0.2) is 8.07 Å². The third-order valence-corrected chi connectivity index (χ3v) is 9.59. The van der Waals surface area contributed by atoms with Gasteiger partial charge in [-0.2, -0.15) is 0 Å². The minimum atomic E-state index is -1.60. The summed E-state index contributed by atoms with van der Waals surface area (Å²) in [4.78, 5) is 0. The predicted octanol–water partition coefficient (Wildman–Crippen LogP) is 4.37. The predicted molar refractivity (Wildman–Crippen MR) is 103 cm³/mol. The van der Waals surface area contributed by atoms with Crippen molar-refractivity contribution in [2.24, 2.45) is 0 Å². The zero-order valence-corrected chi connectivity index (χ0v) is 16.4. The average molecular weight is 315 g/mol. The summed E-state index contributed by atoms with van der Waals surface area (Å²) in [5, 5.41) is 2.91. The van der Waals surface area contributed by atoms with E-state index in [4.69, 9.17) is 0 Å². The summed E-state index contributed by atoms with van der Waals surface area (Å²) < 4.78 is 0. The molecule has 0 N–H and O–H groups in total. The molecule has 1 aromatic rings. The van der Waals surface area contributed by atoms with Crippen LogP contribution in [0.5, 0.6) is 0 Å². The molecule has 21 heavy (non-hydrogen) atoms. The smallest absolute Gasteiger partial charge is 0.126 e. The maximum Gasteiger partial charge on any atom is 0.162 e. The van der Waals surface area contributed by atoms with Crippen LogP contribution < -0.4 is 10.4 Å². The van der Waals surface area contributed by atoms with Crippen LogP contribution in [0.4, 0.5) is 0 Å². The molecule has 1 aromatic carbocycles. The minimum absolute atomic E-state index is 1.05. The van der Waals surface area contributed by atoms with E-state index in [0.717, 1.165) is 6.42 Å². The van der Waals surface area contributed by atoms with E-state index in [1.807, 2.05) is 0 Å². The van der Waals surface area contributed by atoms with Gasteiger partial charge < -0.3 is 0 Å². The first-order chi connectivity index (χ1) is 9.83. The summed E-state index contributed by atoms with van der Waals surface area (Å²) in [6.07, 6.45) is 4.87. The van der Waals surface area contributed by atoms with Crippen molar-refractivity contribution in [1.82, 2.24) is 0 Å². The molecule has 0 saturated carbocycles. The van der Waals surface area contributed by atoms with Gasteiger partial charge in [-0.3, -0.25) is 0 Å². The molecule has 0 aliphatic rings. The van der Waals surface area contributed by atoms with Crippen LogP contribution in [0.15, 0.2) is 36.5 Å². The molecule has 1 rings (SSSR count). The second-order valence-electron chi connectivity index (χ2n) is 6.89. The van der Waals surface area contributed by atoms with Gasteiger partial charge in [-0.1, -0.05) is 81.1 Å². The molecule has 0 aromatic heterocycles. The Labute approximate surface area is 133 Å². The molecule has 0 unspecified atom stereocenters. The summed E-state index contributed by atoms with van der Waals surface area (Å²) in [6.45, 7) is 15.6. The summed E-state index contributed by atoms with van der Waals surface area (Å²) in [5.41, 5.74) is 5.74. The van der Waals surface area contributed by atoms with Gasteiger partial charge in [-0.25, -0.2) is 0 Å². The lowest BCUT2D eigenvalue weighted by atomic mass is 10.2. The molecule has 0 amide bonds. The lowest BCUT2D eigenvalue weighted by Crippen LogP contribution is -2.44. The molecular weight excluding hydrogens is 284 g/mol. The molecule has 114 valence electrons. The van der Waals surface area contributed by atoms with Crippen LogP contribution in [-0.2, 0) is 0 Å². The zero-order chi connectivity index (χ0) is 15.9. The van der Waals surface area contributed by atoms with Crippen molar-refractivity contribution >= 4 is 26.5 Å². The van der Waals surface area contributed by atoms with E-state index in [1.165, 1.54) is 29.6 Å². The van der Waals surface area contributed by atoms with Gasteiger partial charge in [-0.05, 0) is 11.6 Å². The van der Waals surface area contributed by atoms with Crippen molar-refractivity contribution in [3.05, 3.63) is 36.5 Å². The van der Waals surface area contributed by atoms with Gasteiger partial charge >= 0.3 is 0 Å². The van der Waals surface area contributed by atoms with Crippen molar-refractivity contribution in [1.29, 1.82) is 0 Å². The molecule has 0 aliphatic carbocycles. The Bertz CT molecular complexity index is 513. The van der Waals surface area contributed by atoms with Gasteiger partial charge in [0, 0.05) is 6.42 Å². The Morgan fingerprint density at radius 1 is 1.00 bits per heavy atom. The molecule has 0 bridgehead atoms. The summed E-state index contributed by atoms with van der Waals surface area (Å²) >= 11 is 0. The highest BCUT2D eigenvalue weighted by Crippen LogP contribution is 2.06. The number of hydrogen-bond acceptors (Lipinski definition) is 0. The second kappa shape index (κ2) is 7.82. The highest BCUT2D eigenvalue weighted by molar-refractivity contribution is 6.97. The molecule has 0 atom stereocenters. The first-order valence-corrected chi connectivity index (χ1v) is 14.2. The number of rotatable bonds is 6. The molecular formula is C19H30Si2.